The number of rotatable bonds is 4. The van der Waals surface area contributed by atoms with Crippen molar-refractivity contribution in [1.82, 2.24) is 9.55 Å². The number of aryl methyl sites for hydroxylation is 2. The Bertz CT molecular complexity index is 456. The molecule has 0 unspecified atom stereocenters. The second-order valence-electron chi connectivity index (χ2n) is 3.17. The van der Waals surface area contributed by atoms with Crippen molar-refractivity contribution in [2.75, 3.05) is 11.5 Å². The second kappa shape index (κ2) is 4.27. The Morgan fingerprint density at radius 3 is 2.64 bits per heavy atom. The molecule has 1 aromatic rings. The Balaban J connectivity index is 2.72. The Kier molecular flexibility index (Phi) is 3.49. The second-order valence-corrected chi connectivity index (χ2v) is 6.03. The van der Waals surface area contributed by atoms with Crippen molar-refractivity contribution >= 4 is 22.1 Å². The normalized spacial score (nSPS) is 11.9. The highest BCUT2D eigenvalue weighted by molar-refractivity contribution is 7.91. The van der Waals surface area contributed by atoms with E-state index in [-0.39, 0.29) is 11.5 Å². The van der Waals surface area contributed by atoms with Crippen LogP contribution in [0.3, 0.4) is 0 Å². The topological polar surface area (TPSA) is 54.9 Å². The molecule has 0 aliphatic carbocycles. The molecule has 1 N–H and O–H groups in total. The Hall–Kier alpha value is -0.620. The number of H-pyrrole nitrogens is 1. The summed E-state index contributed by atoms with van der Waals surface area (Å²) in [5, 5.41) is 0. The van der Waals surface area contributed by atoms with Gasteiger partial charge in [-0.15, -0.1) is 0 Å². The van der Waals surface area contributed by atoms with Gasteiger partial charge in [0.25, 0.3) is 0 Å². The van der Waals surface area contributed by atoms with Crippen molar-refractivity contribution in [3.05, 3.63) is 16.7 Å². The summed E-state index contributed by atoms with van der Waals surface area (Å²) in [7, 11) is -2.91. The van der Waals surface area contributed by atoms with Gasteiger partial charge in [-0.25, -0.2) is 8.42 Å². The van der Waals surface area contributed by atoms with Gasteiger partial charge in [0.15, 0.2) is 14.6 Å². The van der Waals surface area contributed by atoms with E-state index in [1.807, 2.05) is 13.1 Å². The monoisotopic (exact) mass is 234 g/mol. The molecule has 0 aromatic carbocycles. The number of aromatic nitrogens is 2. The average Bonchev–Trinajstić information content (AvgIpc) is 2.42. The molecule has 14 heavy (non-hydrogen) atoms. The highest BCUT2D eigenvalue weighted by Crippen LogP contribution is 1.99. The predicted octanol–water partition coefficient (Wildman–Crippen LogP) is 1.29. The molecule has 6 heteroatoms. The van der Waals surface area contributed by atoms with Crippen LogP contribution in [0.4, 0.5) is 0 Å². The van der Waals surface area contributed by atoms with Crippen LogP contribution in [0.15, 0.2) is 6.20 Å². The zero-order chi connectivity index (χ0) is 10.8. The van der Waals surface area contributed by atoms with Crippen LogP contribution in [-0.2, 0) is 16.4 Å². The highest BCUT2D eigenvalue weighted by Gasteiger charge is 2.07. The zero-order valence-corrected chi connectivity index (χ0v) is 9.91. The van der Waals surface area contributed by atoms with Crippen LogP contribution in [0, 0.1) is 11.7 Å². The first-order chi connectivity index (χ1) is 6.44. The lowest BCUT2D eigenvalue weighted by Gasteiger charge is -2.01. The molecule has 0 saturated carbocycles. The zero-order valence-electron chi connectivity index (χ0n) is 8.28. The fraction of sp³-hybridized carbons (Fsp3) is 0.625. The molecule has 80 valence electrons. The third-order valence-corrected chi connectivity index (χ3v) is 4.02. The lowest BCUT2D eigenvalue weighted by molar-refractivity contribution is 0.589. The summed E-state index contributed by atoms with van der Waals surface area (Å²) >= 11 is 5.01. The smallest absolute Gasteiger partial charge is 0.177 e. The molecule has 0 radical (unpaired) electrons. The van der Waals surface area contributed by atoms with Crippen LogP contribution in [0.1, 0.15) is 12.6 Å². The summed E-state index contributed by atoms with van der Waals surface area (Å²) in [6, 6.07) is 0. The minimum atomic E-state index is -2.91. The van der Waals surface area contributed by atoms with Crippen molar-refractivity contribution in [3.8, 4) is 0 Å². The summed E-state index contributed by atoms with van der Waals surface area (Å²) in [5.74, 6) is 0.332. The molecule has 0 atom stereocenters. The van der Waals surface area contributed by atoms with Crippen LogP contribution in [0.5, 0.6) is 0 Å². The highest BCUT2D eigenvalue weighted by atomic mass is 32.2. The third-order valence-electron chi connectivity index (χ3n) is 2.00. The summed E-state index contributed by atoms with van der Waals surface area (Å²) in [4.78, 5) is 2.94. The van der Waals surface area contributed by atoms with Gasteiger partial charge in [-0.2, -0.15) is 0 Å². The molecule has 0 amide bonds. The molecule has 0 aliphatic heterocycles. The molecular formula is C8H14N2O2S2. The van der Waals surface area contributed by atoms with E-state index < -0.39 is 9.84 Å². The first-order valence-corrected chi connectivity index (χ1v) is 6.64. The lowest BCUT2D eigenvalue weighted by atomic mass is 10.6. The summed E-state index contributed by atoms with van der Waals surface area (Å²) < 4.78 is 24.8. The average molecular weight is 234 g/mol. The first-order valence-electron chi connectivity index (χ1n) is 4.41. The number of hydrogen-bond donors (Lipinski definition) is 1. The molecule has 0 fully saturated rings. The fourth-order valence-corrected chi connectivity index (χ4v) is 2.18. The van der Waals surface area contributed by atoms with Gasteiger partial charge in [0.1, 0.15) is 0 Å². The number of aromatic amines is 1. The molecule has 0 bridgehead atoms. The standard InChI is InChI=1S/C8H14N2O2S2/c1-3-14(11,12)5-4-10-6-7(2)9-8(10)13/h6H,3-5H2,1-2H3,(H,9,13). The van der Waals surface area contributed by atoms with Gasteiger partial charge in [-0.3, -0.25) is 0 Å². The van der Waals surface area contributed by atoms with Crippen LogP contribution in [-0.4, -0.2) is 29.5 Å². The van der Waals surface area contributed by atoms with E-state index in [2.05, 4.69) is 4.98 Å². The van der Waals surface area contributed by atoms with Crippen molar-refractivity contribution < 1.29 is 8.42 Å². The van der Waals surface area contributed by atoms with Crippen LogP contribution in [0.2, 0.25) is 0 Å². The predicted molar refractivity (Wildman–Crippen MR) is 58.7 cm³/mol. The molecule has 0 aliphatic rings. The number of imidazole rings is 1. The molecule has 1 heterocycles. The maximum Gasteiger partial charge on any atom is 0.177 e. The number of nitrogens with zero attached hydrogens (tertiary/aromatic N) is 1. The fourth-order valence-electron chi connectivity index (χ4n) is 1.11. The summed E-state index contributed by atoms with van der Waals surface area (Å²) in [5.41, 5.74) is 0.948. The van der Waals surface area contributed by atoms with E-state index in [0.717, 1.165) is 5.69 Å². The minimum absolute atomic E-state index is 0.148. The van der Waals surface area contributed by atoms with Gasteiger partial charge >= 0.3 is 0 Å². The quantitative estimate of drug-likeness (QED) is 0.799. The van der Waals surface area contributed by atoms with E-state index in [1.54, 1.807) is 11.5 Å². The van der Waals surface area contributed by atoms with Gasteiger partial charge in [0.05, 0.1) is 5.75 Å². The molecule has 1 rings (SSSR count). The van der Waals surface area contributed by atoms with Crippen molar-refractivity contribution in [3.63, 3.8) is 0 Å². The van der Waals surface area contributed by atoms with Gasteiger partial charge in [0, 0.05) is 24.2 Å². The maximum atomic E-state index is 11.2. The molecular weight excluding hydrogens is 220 g/mol. The van der Waals surface area contributed by atoms with E-state index in [1.165, 1.54) is 0 Å². The minimum Gasteiger partial charge on any atom is -0.335 e. The first kappa shape index (κ1) is 11.5. The molecule has 0 spiro atoms. The largest absolute Gasteiger partial charge is 0.335 e. The number of nitrogens with one attached hydrogen (secondary N) is 1. The molecule has 1 aromatic heterocycles. The molecule has 0 saturated heterocycles. The van der Waals surface area contributed by atoms with E-state index in [9.17, 15) is 8.42 Å². The summed E-state index contributed by atoms with van der Waals surface area (Å²) in [6.45, 7) is 3.97. The third kappa shape index (κ3) is 2.95. The van der Waals surface area contributed by atoms with Crippen molar-refractivity contribution in [2.24, 2.45) is 0 Å². The number of sulfone groups is 1. The van der Waals surface area contributed by atoms with E-state index >= 15 is 0 Å². The Morgan fingerprint density at radius 2 is 2.21 bits per heavy atom. The summed E-state index contributed by atoms with van der Waals surface area (Å²) in [6.07, 6.45) is 1.83. The van der Waals surface area contributed by atoms with Crippen LogP contribution in [0.25, 0.3) is 0 Å². The van der Waals surface area contributed by atoms with E-state index in [0.29, 0.717) is 11.3 Å². The van der Waals surface area contributed by atoms with Crippen LogP contribution < -0.4 is 0 Å². The van der Waals surface area contributed by atoms with Gasteiger partial charge < -0.3 is 9.55 Å². The Morgan fingerprint density at radius 1 is 1.57 bits per heavy atom. The molecule has 4 nitrogen and oxygen atoms in total. The van der Waals surface area contributed by atoms with Gasteiger partial charge in [-0.05, 0) is 19.1 Å². The van der Waals surface area contributed by atoms with E-state index in [4.69, 9.17) is 12.2 Å². The van der Waals surface area contributed by atoms with Crippen molar-refractivity contribution in [2.45, 2.75) is 20.4 Å². The van der Waals surface area contributed by atoms with Gasteiger partial charge in [0.2, 0.25) is 0 Å². The lowest BCUT2D eigenvalue weighted by Crippen LogP contribution is -2.14. The van der Waals surface area contributed by atoms with Crippen molar-refractivity contribution in [1.29, 1.82) is 0 Å². The number of hydrogen-bond acceptors (Lipinski definition) is 3. The maximum absolute atomic E-state index is 11.2. The Labute approximate surface area is 88.9 Å². The SMILES string of the molecule is CCS(=O)(=O)CCn1cc(C)[nH]c1=S. The van der Waals surface area contributed by atoms with Crippen LogP contribution >= 0.6 is 12.2 Å². The van der Waals surface area contributed by atoms with Gasteiger partial charge in [-0.1, -0.05) is 6.92 Å².